The van der Waals surface area contributed by atoms with E-state index in [1.807, 2.05) is 36.4 Å². The maximum atomic E-state index is 13.2. The van der Waals surface area contributed by atoms with Crippen molar-refractivity contribution in [3.63, 3.8) is 0 Å². The summed E-state index contributed by atoms with van der Waals surface area (Å²) in [7, 11) is -3.51. The number of nitrogens with one attached hydrogen (secondary N) is 1. The van der Waals surface area contributed by atoms with Crippen LogP contribution in [-0.4, -0.2) is 47.6 Å². The van der Waals surface area contributed by atoms with Crippen LogP contribution in [0.2, 0.25) is 0 Å². The Bertz CT molecular complexity index is 1520. The molecular formula is C27H25FN4O4S. The molecule has 2 aliphatic heterocycles. The fourth-order valence-electron chi connectivity index (χ4n) is 4.82. The molecule has 0 spiro atoms. The van der Waals surface area contributed by atoms with Crippen LogP contribution >= 0.6 is 0 Å². The van der Waals surface area contributed by atoms with Crippen molar-refractivity contribution < 1.29 is 22.3 Å². The number of piperidine rings is 1. The number of imidazole rings is 1. The highest BCUT2D eigenvalue weighted by atomic mass is 32.2. The van der Waals surface area contributed by atoms with Crippen LogP contribution in [0.15, 0.2) is 66.9 Å². The van der Waals surface area contributed by atoms with Gasteiger partial charge in [0.25, 0.3) is 0 Å². The lowest BCUT2D eigenvalue weighted by atomic mass is 9.97. The topological polar surface area (TPSA) is 97.4 Å². The highest BCUT2D eigenvalue weighted by Gasteiger charge is 2.31. The highest BCUT2D eigenvalue weighted by molar-refractivity contribution is 7.88. The second-order valence-corrected chi connectivity index (χ2v) is 11.2. The van der Waals surface area contributed by atoms with E-state index in [2.05, 4.69) is 9.97 Å². The van der Waals surface area contributed by atoms with Gasteiger partial charge in [-0.1, -0.05) is 18.2 Å². The molecule has 6 rings (SSSR count). The van der Waals surface area contributed by atoms with Crippen molar-refractivity contribution in [3.05, 3.63) is 84.1 Å². The molecule has 4 aromatic rings. The predicted octanol–water partition coefficient (Wildman–Crippen LogP) is 4.72. The summed E-state index contributed by atoms with van der Waals surface area (Å²) in [4.78, 5) is 13.0. The summed E-state index contributed by atoms with van der Waals surface area (Å²) in [6, 6.07) is 17.1. The van der Waals surface area contributed by atoms with Gasteiger partial charge in [-0.05, 0) is 60.9 Å². The number of halogens is 1. The van der Waals surface area contributed by atoms with E-state index >= 15 is 0 Å². The van der Waals surface area contributed by atoms with Crippen LogP contribution in [-0.2, 0) is 15.8 Å². The minimum Gasteiger partial charge on any atom is -0.454 e. The van der Waals surface area contributed by atoms with Crippen molar-refractivity contribution in [2.75, 3.05) is 19.9 Å². The summed E-state index contributed by atoms with van der Waals surface area (Å²) in [5.41, 5.74) is 3.79. The Morgan fingerprint density at radius 3 is 2.54 bits per heavy atom. The Morgan fingerprint density at radius 1 is 1.00 bits per heavy atom. The van der Waals surface area contributed by atoms with Crippen molar-refractivity contribution >= 4 is 10.0 Å². The molecule has 8 nitrogen and oxygen atoms in total. The standard InChI is InChI=1S/C27H25FN4O4S/c28-21-7-4-18(5-8-21)16-37(33,34)32-13-10-19(11-14-32)27-30-25(26(31-27)22-3-1-2-12-29-22)20-6-9-23-24(15-20)36-17-35-23/h1-9,12,15,19H,10-11,13-14,16-17H2,(H,30,31). The van der Waals surface area contributed by atoms with Crippen LogP contribution in [0.1, 0.15) is 30.1 Å². The third-order valence-electron chi connectivity index (χ3n) is 6.79. The largest absolute Gasteiger partial charge is 0.454 e. The summed E-state index contributed by atoms with van der Waals surface area (Å²) in [6.45, 7) is 0.987. The van der Waals surface area contributed by atoms with Crippen molar-refractivity contribution in [2.24, 2.45) is 0 Å². The molecule has 0 amide bonds. The van der Waals surface area contributed by atoms with Gasteiger partial charge in [-0.3, -0.25) is 4.98 Å². The molecule has 10 heteroatoms. The van der Waals surface area contributed by atoms with Crippen LogP contribution in [0, 0.1) is 5.82 Å². The summed E-state index contributed by atoms with van der Waals surface area (Å²) < 4.78 is 51.7. The number of fused-ring (bicyclic) bond motifs is 1. The number of nitrogens with zero attached hydrogens (tertiary/aromatic N) is 3. The van der Waals surface area contributed by atoms with Gasteiger partial charge in [-0.15, -0.1) is 0 Å². The normalized spacial score (nSPS) is 16.2. The van der Waals surface area contributed by atoms with Gasteiger partial charge in [0.1, 0.15) is 11.6 Å². The summed E-state index contributed by atoms with van der Waals surface area (Å²) >= 11 is 0. The van der Waals surface area contributed by atoms with Crippen LogP contribution in [0.5, 0.6) is 11.5 Å². The number of sulfonamides is 1. The van der Waals surface area contributed by atoms with E-state index in [0.29, 0.717) is 43.0 Å². The van der Waals surface area contributed by atoms with Crippen LogP contribution in [0.3, 0.4) is 0 Å². The molecule has 1 saturated heterocycles. The van der Waals surface area contributed by atoms with Gasteiger partial charge in [-0.25, -0.2) is 22.1 Å². The highest BCUT2D eigenvalue weighted by Crippen LogP contribution is 2.39. The fourth-order valence-corrected chi connectivity index (χ4v) is 6.39. The van der Waals surface area contributed by atoms with Gasteiger partial charge >= 0.3 is 0 Å². The third-order valence-corrected chi connectivity index (χ3v) is 8.64. The van der Waals surface area contributed by atoms with E-state index in [9.17, 15) is 12.8 Å². The number of pyridine rings is 1. The molecule has 0 aliphatic carbocycles. The second kappa shape index (κ2) is 9.60. The zero-order valence-electron chi connectivity index (χ0n) is 19.9. The minimum atomic E-state index is -3.51. The fraction of sp³-hybridized carbons (Fsp3) is 0.259. The van der Waals surface area contributed by atoms with Gasteiger partial charge in [0.05, 0.1) is 22.8 Å². The molecule has 2 aliphatic rings. The number of hydrogen-bond acceptors (Lipinski definition) is 6. The molecule has 0 bridgehead atoms. The Labute approximate surface area is 214 Å². The molecule has 0 radical (unpaired) electrons. The first-order chi connectivity index (χ1) is 18.0. The Kier molecular flexibility index (Phi) is 6.13. The van der Waals surface area contributed by atoms with Gasteiger partial charge in [0.15, 0.2) is 11.5 Å². The molecule has 1 fully saturated rings. The molecule has 0 saturated carbocycles. The van der Waals surface area contributed by atoms with Crippen molar-refractivity contribution in [1.29, 1.82) is 0 Å². The molecule has 4 heterocycles. The van der Waals surface area contributed by atoms with E-state index in [0.717, 1.165) is 28.5 Å². The Morgan fingerprint density at radius 2 is 1.78 bits per heavy atom. The van der Waals surface area contributed by atoms with E-state index in [-0.39, 0.29) is 24.3 Å². The second-order valence-electron chi connectivity index (χ2n) is 9.18. The van der Waals surface area contributed by atoms with E-state index in [1.54, 1.807) is 6.20 Å². The van der Waals surface area contributed by atoms with Crippen molar-refractivity contribution in [3.8, 4) is 34.1 Å². The van der Waals surface area contributed by atoms with Crippen LogP contribution in [0.25, 0.3) is 22.6 Å². The third kappa shape index (κ3) is 4.82. The minimum absolute atomic E-state index is 0.0718. The number of aromatic amines is 1. The average Bonchev–Trinajstić information content (AvgIpc) is 3.58. The zero-order chi connectivity index (χ0) is 25.4. The lowest BCUT2D eigenvalue weighted by Crippen LogP contribution is -2.38. The zero-order valence-corrected chi connectivity index (χ0v) is 20.7. The summed E-state index contributed by atoms with van der Waals surface area (Å²) in [5.74, 6) is 1.73. The molecule has 2 aromatic carbocycles. The molecule has 1 N–H and O–H groups in total. The van der Waals surface area contributed by atoms with Gasteiger partial charge in [0, 0.05) is 30.8 Å². The Hall–Kier alpha value is -3.76. The monoisotopic (exact) mass is 520 g/mol. The number of aromatic nitrogens is 3. The average molecular weight is 521 g/mol. The lowest BCUT2D eigenvalue weighted by molar-refractivity contribution is 0.174. The first-order valence-electron chi connectivity index (χ1n) is 12.1. The molecule has 190 valence electrons. The lowest BCUT2D eigenvalue weighted by Gasteiger charge is -2.30. The van der Waals surface area contributed by atoms with E-state index < -0.39 is 10.0 Å². The SMILES string of the molecule is O=S(=O)(Cc1ccc(F)cc1)N1CCC(c2nc(-c3ccc4c(c3)OCO4)c(-c3ccccn3)[nH]2)CC1. The van der Waals surface area contributed by atoms with Gasteiger partial charge < -0.3 is 14.5 Å². The smallest absolute Gasteiger partial charge is 0.231 e. The first kappa shape index (κ1) is 23.6. The Balaban J connectivity index is 1.24. The number of H-pyrrole nitrogens is 1. The molecule has 2 aromatic heterocycles. The van der Waals surface area contributed by atoms with Crippen molar-refractivity contribution in [2.45, 2.75) is 24.5 Å². The first-order valence-corrected chi connectivity index (χ1v) is 13.7. The van der Waals surface area contributed by atoms with E-state index in [1.165, 1.54) is 28.6 Å². The number of ether oxygens (including phenoxy) is 2. The maximum absolute atomic E-state index is 13.2. The number of benzene rings is 2. The maximum Gasteiger partial charge on any atom is 0.231 e. The summed E-state index contributed by atoms with van der Waals surface area (Å²) in [5, 5.41) is 0. The quantitative estimate of drug-likeness (QED) is 0.395. The molecular weight excluding hydrogens is 495 g/mol. The van der Waals surface area contributed by atoms with Crippen LogP contribution in [0.4, 0.5) is 4.39 Å². The number of rotatable bonds is 6. The predicted molar refractivity (Wildman–Crippen MR) is 136 cm³/mol. The van der Waals surface area contributed by atoms with Gasteiger partial charge in [0.2, 0.25) is 16.8 Å². The van der Waals surface area contributed by atoms with E-state index in [4.69, 9.17) is 14.5 Å². The van der Waals surface area contributed by atoms with Crippen LogP contribution < -0.4 is 9.47 Å². The number of hydrogen-bond donors (Lipinski definition) is 1. The van der Waals surface area contributed by atoms with Gasteiger partial charge in [-0.2, -0.15) is 0 Å². The molecule has 37 heavy (non-hydrogen) atoms. The molecule has 0 unspecified atom stereocenters. The molecule has 0 atom stereocenters. The summed E-state index contributed by atoms with van der Waals surface area (Å²) in [6.07, 6.45) is 3.01. The van der Waals surface area contributed by atoms with Crippen molar-refractivity contribution in [1.82, 2.24) is 19.3 Å².